The number of carbonyl (C=O) groups excluding carboxylic acids is 1. The number of quaternary nitrogens is 1. The fraction of sp³-hybridized carbons (Fsp3) is 0.417. The number of para-hydroxylation sites is 1. The summed E-state index contributed by atoms with van der Waals surface area (Å²) in [5.41, 5.74) is 4.87. The van der Waals surface area contributed by atoms with Crippen molar-refractivity contribution in [2.75, 3.05) is 20.8 Å². The Hall–Kier alpha value is -1.55. The van der Waals surface area contributed by atoms with E-state index < -0.39 is 0 Å². The van der Waals surface area contributed by atoms with E-state index in [1.165, 1.54) is 7.11 Å². The highest BCUT2D eigenvalue weighted by Crippen LogP contribution is 2.27. The van der Waals surface area contributed by atoms with E-state index in [0.29, 0.717) is 13.0 Å². The van der Waals surface area contributed by atoms with Crippen molar-refractivity contribution in [2.24, 2.45) is 0 Å². The monoisotopic (exact) mass is 224 g/mol. The first-order chi connectivity index (χ1) is 7.72. The zero-order chi connectivity index (χ0) is 12.0. The number of benzene rings is 1. The van der Waals surface area contributed by atoms with Crippen LogP contribution in [0.1, 0.15) is 17.9 Å². The molecule has 4 nitrogen and oxygen atoms in total. The van der Waals surface area contributed by atoms with Crippen LogP contribution in [0.4, 0.5) is 0 Å². The minimum Gasteiger partial charge on any atom is -0.496 e. The molecule has 0 spiro atoms. The first-order valence-electron chi connectivity index (χ1n) is 5.21. The quantitative estimate of drug-likeness (QED) is 0.744. The summed E-state index contributed by atoms with van der Waals surface area (Å²) in [5, 5.41) is 0. The molecule has 1 aromatic carbocycles. The molecule has 0 aliphatic rings. The molecule has 0 aromatic heterocycles. The Balaban J connectivity index is 2.89. The molecule has 0 unspecified atom stereocenters. The molecular weight excluding hydrogens is 206 g/mol. The fourth-order valence-corrected chi connectivity index (χ4v) is 1.66. The maximum Gasteiger partial charge on any atom is 0.306 e. The zero-order valence-electron chi connectivity index (χ0n) is 9.73. The van der Waals surface area contributed by atoms with Crippen LogP contribution in [-0.2, 0) is 9.53 Å². The highest BCUT2D eigenvalue weighted by atomic mass is 16.5. The Morgan fingerprint density at radius 3 is 2.62 bits per heavy atom. The van der Waals surface area contributed by atoms with Crippen molar-refractivity contribution < 1.29 is 20.0 Å². The molecule has 0 aliphatic heterocycles. The summed E-state index contributed by atoms with van der Waals surface area (Å²) in [4.78, 5) is 11.3. The number of hydrogen-bond donors (Lipinski definition) is 1. The van der Waals surface area contributed by atoms with Gasteiger partial charge in [-0.3, -0.25) is 4.79 Å². The first kappa shape index (κ1) is 12.5. The molecule has 0 saturated carbocycles. The smallest absolute Gasteiger partial charge is 0.306 e. The van der Waals surface area contributed by atoms with Crippen molar-refractivity contribution in [3.8, 4) is 5.75 Å². The van der Waals surface area contributed by atoms with Crippen LogP contribution in [0.5, 0.6) is 5.75 Å². The lowest BCUT2D eigenvalue weighted by molar-refractivity contribution is -0.372. The van der Waals surface area contributed by atoms with Crippen LogP contribution in [0.15, 0.2) is 24.3 Å². The van der Waals surface area contributed by atoms with Gasteiger partial charge in [-0.1, -0.05) is 18.2 Å². The topological polar surface area (TPSA) is 63.2 Å². The van der Waals surface area contributed by atoms with E-state index in [1.807, 2.05) is 24.3 Å². The summed E-state index contributed by atoms with van der Waals surface area (Å²) >= 11 is 0. The van der Waals surface area contributed by atoms with Gasteiger partial charge >= 0.3 is 5.97 Å². The third-order valence-corrected chi connectivity index (χ3v) is 2.57. The van der Waals surface area contributed by atoms with Gasteiger partial charge in [0.1, 0.15) is 5.75 Å². The molecule has 1 aromatic rings. The van der Waals surface area contributed by atoms with E-state index in [9.17, 15) is 4.79 Å². The average Bonchev–Trinajstić information content (AvgIpc) is 2.35. The number of methoxy groups -OCH3 is 2. The van der Waals surface area contributed by atoms with E-state index in [1.54, 1.807) is 7.11 Å². The van der Waals surface area contributed by atoms with E-state index in [0.717, 1.165) is 11.3 Å². The summed E-state index contributed by atoms with van der Waals surface area (Å²) in [6.07, 6.45) is 0.334. The van der Waals surface area contributed by atoms with Gasteiger partial charge in [-0.15, -0.1) is 0 Å². The van der Waals surface area contributed by atoms with E-state index in [-0.39, 0.29) is 11.9 Å². The molecule has 88 valence electrons. The van der Waals surface area contributed by atoms with Crippen molar-refractivity contribution in [2.45, 2.75) is 12.3 Å². The largest absolute Gasteiger partial charge is 0.496 e. The minimum atomic E-state index is -0.223. The predicted molar refractivity (Wildman–Crippen MR) is 60.1 cm³/mol. The van der Waals surface area contributed by atoms with E-state index >= 15 is 0 Å². The Bertz CT molecular complexity index is 352. The van der Waals surface area contributed by atoms with Crippen LogP contribution >= 0.6 is 0 Å². The van der Waals surface area contributed by atoms with Gasteiger partial charge in [-0.25, -0.2) is 0 Å². The van der Waals surface area contributed by atoms with Gasteiger partial charge in [-0.2, -0.15) is 0 Å². The van der Waals surface area contributed by atoms with Gasteiger partial charge in [0.15, 0.2) is 0 Å². The summed E-state index contributed by atoms with van der Waals surface area (Å²) in [6, 6.07) is 7.67. The molecule has 3 N–H and O–H groups in total. The van der Waals surface area contributed by atoms with Gasteiger partial charge < -0.3 is 15.2 Å². The van der Waals surface area contributed by atoms with Crippen molar-refractivity contribution >= 4 is 5.97 Å². The highest BCUT2D eigenvalue weighted by Gasteiger charge is 2.19. The third-order valence-electron chi connectivity index (χ3n) is 2.57. The second-order valence-corrected chi connectivity index (χ2v) is 3.51. The first-order valence-corrected chi connectivity index (χ1v) is 5.21. The van der Waals surface area contributed by atoms with Gasteiger partial charge in [0.05, 0.1) is 27.2 Å². The SMILES string of the molecule is COC(=O)C[C@@H](C[NH3+])c1ccccc1OC. The van der Waals surface area contributed by atoms with E-state index in [2.05, 4.69) is 10.5 Å². The van der Waals surface area contributed by atoms with Crippen LogP contribution in [0.2, 0.25) is 0 Å². The van der Waals surface area contributed by atoms with Crippen molar-refractivity contribution in [1.29, 1.82) is 0 Å². The highest BCUT2D eigenvalue weighted by molar-refractivity contribution is 5.70. The molecule has 4 heteroatoms. The molecule has 0 aliphatic carbocycles. The van der Waals surface area contributed by atoms with Crippen molar-refractivity contribution in [3.05, 3.63) is 29.8 Å². The predicted octanol–water partition coefficient (Wildman–Crippen LogP) is 0.584. The van der Waals surface area contributed by atoms with Crippen LogP contribution in [-0.4, -0.2) is 26.7 Å². The lowest BCUT2D eigenvalue weighted by atomic mass is 9.95. The Labute approximate surface area is 95.3 Å². The molecule has 1 rings (SSSR count). The van der Waals surface area contributed by atoms with E-state index in [4.69, 9.17) is 4.74 Å². The molecule has 0 heterocycles. The lowest BCUT2D eigenvalue weighted by Crippen LogP contribution is -2.53. The maximum atomic E-state index is 11.3. The standard InChI is InChI=1S/C12H17NO3/c1-15-11-6-4-3-5-10(11)9(8-13)7-12(14)16-2/h3-6,9H,7-8,13H2,1-2H3/p+1/t9-/m0/s1. The van der Waals surface area contributed by atoms with Crippen LogP contribution in [0.25, 0.3) is 0 Å². The Kier molecular flexibility index (Phi) is 4.79. The summed E-state index contributed by atoms with van der Waals surface area (Å²) in [7, 11) is 3.02. The maximum absolute atomic E-state index is 11.3. The molecule has 0 amide bonds. The second-order valence-electron chi connectivity index (χ2n) is 3.51. The molecule has 0 fully saturated rings. The summed E-state index contributed by atoms with van der Waals surface area (Å²) in [5.74, 6) is 0.614. The van der Waals surface area contributed by atoms with Gasteiger partial charge in [0.25, 0.3) is 0 Å². The summed E-state index contributed by atoms with van der Waals surface area (Å²) < 4.78 is 9.93. The fourth-order valence-electron chi connectivity index (χ4n) is 1.66. The van der Waals surface area contributed by atoms with Crippen molar-refractivity contribution in [1.82, 2.24) is 0 Å². The molecular formula is C12H18NO3+. The normalized spacial score (nSPS) is 11.9. The zero-order valence-corrected chi connectivity index (χ0v) is 9.73. The number of carbonyl (C=O) groups is 1. The molecule has 1 atom stereocenters. The lowest BCUT2D eigenvalue weighted by Gasteiger charge is -2.15. The minimum absolute atomic E-state index is 0.0450. The van der Waals surface area contributed by atoms with Crippen LogP contribution < -0.4 is 10.5 Å². The van der Waals surface area contributed by atoms with Gasteiger partial charge in [0, 0.05) is 11.5 Å². The van der Waals surface area contributed by atoms with Crippen LogP contribution in [0.3, 0.4) is 0 Å². The number of hydrogen-bond acceptors (Lipinski definition) is 3. The number of ether oxygens (including phenoxy) is 2. The second kappa shape index (κ2) is 6.12. The molecule has 0 radical (unpaired) electrons. The molecule has 0 saturated heterocycles. The summed E-state index contributed by atoms with van der Waals surface area (Å²) in [6.45, 7) is 0.634. The third kappa shape index (κ3) is 2.97. The average molecular weight is 224 g/mol. The van der Waals surface area contributed by atoms with Gasteiger partial charge in [0.2, 0.25) is 0 Å². The Morgan fingerprint density at radius 2 is 2.06 bits per heavy atom. The van der Waals surface area contributed by atoms with Crippen LogP contribution in [0, 0.1) is 0 Å². The Morgan fingerprint density at radius 1 is 1.38 bits per heavy atom. The van der Waals surface area contributed by atoms with Crippen molar-refractivity contribution in [3.63, 3.8) is 0 Å². The molecule has 0 bridgehead atoms. The van der Waals surface area contributed by atoms with Gasteiger partial charge in [-0.05, 0) is 6.07 Å². The molecule has 16 heavy (non-hydrogen) atoms. The number of esters is 1. The number of rotatable bonds is 5.